The van der Waals surface area contributed by atoms with Crippen molar-refractivity contribution >= 4 is 35.8 Å². The van der Waals surface area contributed by atoms with Gasteiger partial charge in [0, 0.05) is 39.2 Å². The van der Waals surface area contributed by atoms with Crippen LogP contribution >= 0.6 is 24.0 Å². The topological polar surface area (TPSA) is 74.8 Å². The lowest BCUT2D eigenvalue weighted by molar-refractivity contribution is -0.125. The molecule has 7 heteroatoms. The Bertz CT molecular complexity index is 422. The molecule has 2 saturated carbocycles. The first kappa shape index (κ1) is 24.5. The van der Waals surface area contributed by atoms with Crippen molar-refractivity contribution in [1.29, 1.82) is 0 Å². The SMILES string of the molecule is CN=C(NCCCOC1CCCCC1)NCCNC(=O)C1CCCCC1.I. The molecule has 0 aromatic carbocycles. The van der Waals surface area contributed by atoms with E-state index in [-0.39, 0.29) is 35.8 Å². The lowest BCUT2D eigenvalue weighted by Crippen LogP contribution is -2.43. The van der Waals surface area contributed by atoms with Gasteiger partial charge in [0.2, 0.25) is 5.91 Å². The minimum Gasteiger partial charge on any atom is -0.378 e. The summed E-state index contributed by atoms with van der Waals surface area (Å²) in [4.78, 5) is 16.3. The van der Waals surface area contributed by atoms with E-state index in [0.717, 1.165) is 38.4 Å². The van der Waals surface area contributed by atoms with Crippen LogP contribution in [-0.4, -0.2) is 51.3 Å². The second-order valence-electron chi connectivity index (χ2n) is 7.54. The molecule has 0 aliphatic heterocycles. The van der Waals surface area contributed by atoms with Crippen molar-refractivity contribution in [3.63, 3.8) is 0 Å². The maximum atomic E-state index is 12.1. The Kier molecular flexibility index (Phi) is 13.9. The largest absolute Gasteiger partial charge is 0.378 e. The van der Waals surface area contributed by atoms with Crippen molar-refractivity contribution < 1.29 is 9.53 Å². The zero-order valence-corrected chi connectivity index (χ0v) is 19.3. The number of amides is 1. The van der Waals surface area contributed by atoms with Crippen LogP contribution in [0.2, 0.25) is 0 Å². The number of aliphatic imine (C=N–C) groups is 1. The predicted molar refractivity (Wildman–Crippen MR) is 122 cm³/mol. The van der Waals surface area contributed by atoms with Crippen LogP contribution in [0.5, 0.6) is 0 Å². The third kappa shape index (κ3) is 10.5. The number of nitrogens with zero attached hydrogens (tertiary/aromatic N) is 1. The van der Waals surface area contributed by atoms with Crippen molar-refractivity contribution in [3.05, 3.63) is 0 Å². The summed E-state index contributed by atoms with van der Waals surface area (Å²) in [5, 5.41) is 9.60. The first-order valence-corrected chi connectivity index (χ1v) is 10.6. The van der Waals surface area contributed by atoms with Gasteiger partial charge in [-0.3, -0.25) is 9.79 Å². The smallest absolute Gasteiger partial charge is 0.223 e. The molecule has 0 radical (unpaired) electrons. The lowest BCUT2D eigenvalue weighted by Gasteiger charge is -2.22. The standard InChI is InChI=1S/C20H38N4O2.HI/c1-21-20(23-13-8-16-26-18-11-6-3-7-12-18)24-15-14-22-19(25)17-9-4-2-5-10-17;/h17-18H,2-16H2,1H3,(H,22,25)(H2,21,23,24);1H. The maximum absolute atomic E-state index is 12.1. The molecular formula is C20H39IN4O2. The fraction of sp³-hybridized carbons (Fsp3) is 0.900. The minimum absolute atomic E-state index is 0. The monoisotopic (exact) mass is 494 g/mol. The van der Waals surface area contributed by atoms with Gasteiger partial charge in [-0.05, 0) is 32.1 Å². The number of nitrogens with one attached hydrogen (secondary N) is 3. The molecule has 1 amide bonds. The molecule has 2 aliphatic carbocycles. The molecule has 0 heterocycles. The van der Waals surface area contributed by atoms with Crippen molar-refractivity contribution in [1.82, 2.24) is 16.0 Å². The summed E-state index contributed by atoms with van der Waals surface area (Å²) in [7, 11) is 1.77. The molecule has 0 atom stereocenters. The van der Waals surface area contributed by atoms with Crippen molar-refractivity contribution in [2.24, 2.45) is 10.9 Å². The number of halogens is 1. The van der Waals surface area contributed by atoms with Gasteiger partial charge in [0.15, 0.2) is 5.96 Å². The van der Waals surface area contributed by atoms with Gasteiger partial charge in [0.05, 0.1) is 6.10 Å². The Labute approximate surface area is 182 Å². The molecular weight excluding hydrogens is 455 g/mol. The Balaban J connectivity index is 0.00000364. The number of ether oxygens (including phenoxy) is 1. The average molecular weight is 494 g/mol. The van der Waals surface area contributed by atoms with E-state index < -0.39 is 0 Å². The fourth-order valence-corrected chi connectivity index (χ4v) is 3.86. The Morgan fingerprint density at radius 1 is 0.889 bits per heavy atom. The molecule has 0 bridgehead atoms. The average Bonchev–Trinajstić information content (AvgIpc) is 2.70. The van der Waals surface area contributed by atoms with Crippen LogP contribution in [0.4, 0.5) is 0 Å². The molecule has 2 aliphatic rings. The number of hydrogen-bond acceptors (Lipinski definition) is 3. The Morgan fingerprint density at radius 3 is 2.15 bits per heavy atom. The van der Waals surface area contributed by atoms with E-state index in [2.05, 4.69) is 20.9 Å². The molecule has 2 rings (SSSR count). The lowest BCUT2D eigenvalue weighted by atomic mass is 9.89. The zero-order chi connectivity index (χ0) is 18.5. The number of guanidine groups is 1. The summed E-state index contributed by atoms with van der Waals surface area (Å²) in [6.07, 6.45) is 13.7. The molecule has 0 aromatic heterocycles. The molecule has 27 heavy (non-hydrogen) atoms. The molecule has 0 aromatic rings. The third-order valence-corrected chi connectivity index (χ3v) is 5.44. The quantitative estimate of drug-likeness (QED) is 0.199. The van der Waals surface area contributed by atoms with Crippen LogP contribution in [0.3, 0.4) is 0 Å². The highest BCUT2D eigenvalue weighted by molar-refractivity contribution is 14.0. The summed E-state index contributed by atoms with van der Waals surface area (Å²) < 4.78 is 5.93. The maximum Gasteiger partial charge on any atom is 0.223 e. The molecule has 0 spiro atoms. The van der Waals surface area contributed by atoms with Crippen LogP contribution in [-0.2, 0) is 9.53 Å². The van der Waals surface area contributed by atoms with Crippen LogP contribution in [0.15, 0.2) is 4.99 Å². The fourth-order valence-electron chi connectivity index (χ4n) is 3.86. The Hall–Kier alpha value is -0.570. The predicted octanol–water partition coefficient (Wildman–Crippen LogP) is 3.21. The summed E-state index contributed by atoms with van der Waals surface area (Å²) in [6, 6.07) is 0. The number of carbonyl (C=O) groups excluding carboxylic acids is 1. The molecule has 3 N–H and O–H groups in total. The number of hydrogen-bond donors (Lipinski definition) is 3. The zero-order valence-electron chi connectivity index (χ0n) is 16.9. The van der Waals surface area contributed by atoms with E-state index in [4.69, 9.17) is 4.74 Å². The van der Waals surface area contributed by atoms with Crippen LogP contribution < -0.4 is 16.0 Å². The highest BCUT2D eigenvalue weighted by Crippen LogP contribution is 2.23. The van der Waals surface area contributed by atoms with Crippen LogP contribution in [0.25, 0.3) is 0 Å². The summed E-state index contributed by atoms with van der Waals surface area (Å²) in [6.45, 7) is 2.99. The van der Waals surface area contributed by atoms with E-state index in [9.17, 15) is 4.79 Å². The van der Waals surface area contributed by atoms with Crippen LogP contribution in [0.1, 0.15) is 70.6 Å². The second-order valence-corrected chi connectivity index (χ2v) is 7.54. The molecule has 0 saturated heterocycles. The van der Waals surface area contributed by atoms with Gasteiger partial charge in [-0.15, -0.1) is 24.0 Å². The van der Waals surface area contributed by atoms with E-state index in [1.807, 2.05) is 0 Å². The van der Waals surface area contributed by atoms with Gasteiger partial charge in [0.25, 0.3) is 0 Å². The van der Waals surface area contributed by atoms with Crippen LogP contribution in [0, 0.1) is 5.92 Å². The van der Waals surface area contributed by atoms with Gasteiger partial charge in [-0.2, -0.15) is 0 Å². The first-order valence-electron chi connectivity index (χ1n) is 10.6. The molecule has 158 valence electrons. The van der Waals surface area contributed by atoms with Crippen molar-refractivity contribution in [2.45, 2.75) is 76.7 Å². The first-order chi connectivity index (χ1) is 12.8. The van der Waals surface area contributed by atoms with E-state index >= 15 is 0 Å². The number of carbonyl (C=O) groups is 1. The second kappa shape index (κ2) is 15.4. The Morgan fingerprint density at radius 2 is 1.48 bits per heavy atom. The molecule has 6 nitrogen and oxygen atoms in total. The summed E-state index contributed by atoms with van der Waals surface area (Å²) >= 11 is 0. The molecule has 2 fully saturated rings. The van der Waals surface area contributed by atoms with E-state index in [1.165, 1.54) is 51.4 Å². The molecule has 0 unspecified atom stereocenters. The minimum atomic E-state index is 0. The van der Waals surface area contributed by atoms with Gasteiger partial charge in [-0.25, -0.2) is 0 Å². The van der Waals surface area contributed by atoms with Gasteiger partial charge in [0.1, 0.15) is 0 Å². The normalized spacial score (nSPS) is 19.2. The van der Waals surface area contributed by atoms with Crippen molar-refractivity contribution in [2.75, 3.05) is 33.3 Å². The van der Waals surface area contributed by atoms with Gasteiger partial charge in [-0.1, -0.05) is 38.5 Å². The van der Waals surface area contributed by atoms with Gasteiger partial charge >= 0.3 is 0 Å². The highest BCUT2D eigenvalue weighted by atomic mass is 127. The third-order valence-electron chi connectivity index (χ3n) is 5.44. The van der Waals surface area contributed by atoms with Gasteiger partial charge < -0.3 is 20.7 Å². The number of rotatable bonds is 9. The van der Waals surface area contributed by atoms with Crippen molar-refractivity contribution in [3.8, 4) is 0 Å². The summed E-state index contributed by atoms with van der Waals surface area (Å²) in [5.74, 6) is 1.23. The summed E-state index contributed by atoms with van der Waals surface area (Å²) in [5.41, 5.74) is 0. The highest BCUT2D eigenvalue weighted by Gasteiger charge is 2.20. The van der Waals surface area contributed by atoms with E-state index in [1.54, 1.807) is 7.05 Å². The van der Waals surface area contributed by atoms with E-state index in [0.29, 0.717) is 19.2 Å².